The molecule has 0 radical (unpaired) electrons. The van der Waals surface area contributed by atoms with E-state index in [0.29, 0.717) is 17.0 Å². The van der Waals surface area contributed by atoms with E-state index < -0.39 is 9.84 Å². The number of rotatable bonds is 1. The van der Waals surface area contributed by atoms with Gasteiger partial charge in [0.2, 0.25) is 9.84 Å². The van der Waals surface area contributed by atoms with Crippen LogP contribution >= 0.6 is 0 Å². The van der Waals surface area contributed by atoms with Crippen LogP contribution in [-0.4, -0.2) is 15.5 Å². The van der Waals surface area contributed by atoms with Crippen molar-refractivity contribution < 1.29 is 13.2 Å². The number of nitrogens with two attached hydrogens (primary N) is 1. The van der Waals surface area contributed by atoms with E-state index in [9.17, 15) is 8.42 Å². The van der Waals surface area contributed by atoms with E-state index in [1.54, 1.807) is 12.1 Å². The van der Waals surface area contributed by atoms with Crippen LogP contribution in [0.4, 0.5) is 0 Å². The fourth-order valence-electron chi connectivity index (χ4n) is 1.57. The molecule has 2 rings (SSSR count). The lowest BCUT2D eigenvalue weighted by Gasteiger charge is -2.03. The molecule has 15 heavy (non-hydrogen) atoms. The molecule has 4 nitrogen and oxygen atoms in total. The molecule has 1 aromatic carbocycles. The number of methoxy groups -OCH3 is 1. The third-order valence-electron chi connectivity index (χ3n) is 2.55. The molecule has 80 valence electrons. The maximum absolute atomic E-state index is 11.9. The lowest BCUT2D eigenvalue weighted by Crippen LogP contribution is -1.98. The Morgan fingerprint density at radius 2 is 2.00 bits per heavy atom. The minimum atomic E-state index is -3.39. The quantitative estimate of drug-likeness (QED) is 0.777. The first kappa shape index (κ1) is 10.0. The maximum atomic E-state index is 11.9. The van der Waals surface area contributed by atoms with Gasteiger partial charge in [-0.05, 0) is 25.1 Å². The summed E-state index contributed by atoms with van der Waals surface area (Å²) in [5.74, 6) is 0.514. The SMILES string of the molecule is COc1ccc2c(c1)S(=O)(=O)C(C)=C2N. The smallest absolute Gasteiger partial charge is 0.205 e. The van der Waals surface area contributed by atoms with Gasteiger partial charge in [-0.15, -0.1) is 0 Å². The van der Waals surface area contributed by atoms with Gasteiger partial charge in [0.15, 0.2) is 0 Å². The Hall–Kier alpha value is -1.49. The summed E-state index contributed by atoms with van der Waals surface area (Å²) < 4.78 is 28.7. The van der Waals surface area contributed by atoms with Crippen LogP contribution in [-0.2, 0) is 9.84 Å². The molecule has 1 aromatic rings. The maximum Gasteiger partial charge on any atom is 0.205 e. The van der Waals surface area contributed by atoms with Crippen LogP contribution in [0.25, 0.3) is 5.70 Å². The second-order valence-corrected chi connectivity index (χ2v) is 5.39. The normalized spacial score (nSPS) is 17.7. The Bertz CT molecular complexity index is 558. The molecule has 0 bridgehead atoms. The summed E-state index contributed by atoms with van der Waals surface area (Å²) in [6.07, 6.45) is 0. The fraction of sp³-hybridized carbons (Fsp3) is 0.200. The monoisotopic (exact) mass is 225 g/mol. The van der Waals surface area contributed by atoms with E-state index in [4.69, 9.17) is 10.5 Å². The number of hydrogen-bond acceptors (Lipinski definition) is 4. The van der Waals surface area contributed by atoms with Crippen molar-refractivity contribution in [2.75, 3.05) is 7.11 Å². The van der Waals surface area contributed by atoms with E-state index in [2.05, 4.69) is 0 Å². The molecule has 1 heterocycles. The summed E-state index contributed by atoms with van der Waals surface area (Å²) in [5.41, 5.74) is 6.61. The number of sulfone groups is 1. The van der Waals surface area contributed by atoms with Crippen molar-refractivity contribution in [3.63, 3.8) is 0 Å². The lowest BCUT2D eigenvalue weighted by molar-refractivity contribution is 0.413. The van der Waals surface area contributed by atoms with Crippen LogP contribution in [0.15, 0.2) is 28.0 Å². The molecule has 0 aliphatic carbocycles. The summed E-state index contributed by atoms with van der Waals surface area (Å²) in [6, 6.07) is 4.85. The van der Waals surface area contributed by atoms with Gasteiger partial charge >= 0.3 is 0 Å². The molecule has 5 heteroatoms. The minimum absolute atomic E-state index is 0.214. The van der Waals surface area contributed by atoms with E-state index in [0.717, 1.165) is 0 Å². The molecular weight excluding hydrogens is 214 g/mol. The van der Waals surface area contributed by atoms with Gasteiger partial charge in [0, 0.05) is 5.56 Å². The zero-order valence-electron chi connectivity index (χ0n) is 8.44. The van der Waals surface area contributed by atoms with Crippen LogP contribution in [0, 0.1) is 0 Å². The highest BCUT2D eigenvalue weighted by Crippen LogP contribution is 2.37. The predicted octanol–water partition coefficient (Wildman–Crippen LogP) is 1.13. The molecule has 0 fully saturated rings. The average molecular weight is 225 g/mol. The van der Waals surface area contributed by atoms with E-state index in [1.165, 1.54) is 20.1 Å². The van der Waals surface area contributed by atoms with Crippen molar-refractivity contribution in [2.24, 2.45) is 5.73 Å². The van der Waals surface area contributed by atoms with Gasteiger partial charge in [0.1, 0.15) is 5.75 Å². The van der Waals surface area contributed by atoms with Crippen LogP contribution in [0.2, 0.25) is 0 Å². The first-order chi connectivity index (χ1) is 6.98. The number of fused-ring (bicyclic) bond motifs is 1. The van der Waals surface area contributed by atoms with Crippen molar-refractivity contribution in [2.45, 2.75) is 11.8 Å². The first-order valence-electron chi connectivity index (χ1n) is 4.38. The summed E-state index contributed by atoms with van der Waals surface area (Å²) in [4.78, 5) is 0.447. The summed E-state index contributed by atoms with van der Waals surface area (Å²) in [6.45, 7) is 1.51. The van der Waals surface area contributed by atoms with E-state index in [-0.39, 0.29) is 9.80 Å². The molecule has 1 aliphatic rings. The van der Waals surface area contributed by atoms with Crippen molar-refractivity contribution in [1.29, 1.82) is 0 Å². The second kappa shape index (κ2) is 3.00. The number of ether oxygens (including phenoxy) is 1. The van der Waals surface area contributed by atoms with Crippen molar-refractivity contribution in [3.8, 4) is 5.75 Å². The highest BCUT2D eigenvalue weighted by atomic mass is 32.2. The number of hydrogen-bond donors (Lipinski definition) is 1. The average Bonchev–Trinajstić information content (AvgIpc) is 2.40. The highest BCUT2D eigenvalue weighted by molar-refractivity contribution is 7.95. The van der Waals surface area contributed by atoms with Crippen LogP contribution in [0.3, 0.4) is 0 Å². The van der Waals surface area contributed by atoms with Gasteiger partial charge in [0.05, 0.1) is 22.6 Å². The Labute approximate surface area is 88.3 Å². The molecule has 0 atom stereocenters. The second-order valence-electron chi connectivity index (χ2n) is 3.34. The topological polar surface area (TPSA) is 69.4 Å². The zero-order chi connectivity index (χ0) is 11.2. The Morgan fingerprint density at radius 1 is 1.33 bits per heavy atom. The van der Waals surface area contributed by atoms with Gasteiger partial charge in [-0.1, -0.05) is 0 Å². The van der Waals surface area contributed by atoms with Crippen LogP contribution in [0.5, 0.6) is 5.75 Å². The molecule has 1 aliphatic heterocycles. The standard InChI is InChI=1S/C10H11NO3S/c1-6-10(11)8-4-3-7(14-2)5-9(8)15(6,12)13/h3-5H,11H2,1-2H3. The van der Waals surface area contributed by atoms with Crippen molar-refractivity contribution in [3.05, 3.63) is 28.7 Å². The summed E-state index contributed by atoms with van der Waals surface area (Å²) in [7, 11) is -1.90. The molecule has 0 amide bonds. The largest absolute Gasteiger partial charge is 0.497 e. The van der Waals surface area contributed by atoms with Crippen LogP contribution < -0.4 is 10.5 Å². The van der Waals surface area contributed by atoms with Crippen molar-refractivity contribution in [1.82, 2.24) is 0 Å². The third kappa shape index (κ3) is 1.23. The van der Waals surface area contributed by atoms with E-state index in [1.807, 2.05) is 0 Å². The first-order valence-corrected chi connectivity index (χ1v) is 5.86. The molecule has 0 aromatic heterocycles. The molecule has 0 unspecified atom stereocenters. The minimum Gasteiger partial charge on any atom is -0.497 e. The predicted molar refractivity (Wildman–Crippen MR) is 57.0 cm³/mol. The summed E-state index contributed by atoms with van der Waals surface area (Å²) >= 11 is 0. The summed E-state index contributed by atoms with van der Waals surface area (Å²) in [5, 5.41) is 0. The Balaban J connectivity index is 2.77. The molecule has 2 N–H and O–H groups in total. The third-order valence-corrected chi connectivity index (χ3v) is 4.49. The van der Waals surface area contributed by atoms with Crippen LogP contribution in [0.1, 0.15) is 12.5 Å². The zero-order valence-corrected chi connectivity index (χ0v) is 9.26. The molecular formula is C10H11NO3S. The molecule has 0 saturated heterocycles. The van der Waals surface area contributed by atoms with Gasteiger partial charge in [-0.25, -0.2) is 8.42 Å². The van der Waals surface area contributed by atoms with Gasteiger partial charge in [-0.3, -0.25) is 0 Å². The number of benzene rings is 1. The molecule has 0 spiro atoms. The lowest BCUT2D eigenvalue weighted by atomic mass is 10.1. The van der Waals surface area contributed by atoms with E-state index >= 15 is 0 Å². The highest BCUT2D eigenvalue weighted by Gasteiger charge is 2.31. The van der Waals surface area contributed by atoms with Gasteiger partial charge in [-0.2, -0.15) is 0 Å². The van der Waals surface area contributed by atoms with Gasteiger partial charge in [0.25, 0.3) is 0 Å². The fourth-order valence-corrected chi connectivity index (χ4v) is 3.04. The van der Waals surface area contributed by atoms with Crippen molar-refractivity contribution >= 4 is 15.5 Å². The number of allylic oxidation sites excluding steroid dienone is 1. The Kier molecular flexibility index (Phi) is 2.01. The Morgan fingerprint density at radius 3 is 2.60 bits per heavy atom. The van der Waals surface area contributed by atoms with Gasteiger partial charge < -0.3 is 10.5 Å². The molecule has 0 saturated carbocycles.